The van der Waals surface area contributed by atoms with Crippen LogP contribution in [0.5, 0.6) is 5.75 Å². The maximum absolute atomic E-state index is 13.0. The maximum Gasteiger partial charge on any atom is 0.254 e. The van der Waals surface area contributed by atoms with Crippen LogP contribution < -0.4 is 10.1 Å². The summed E-state index contributed by atoms with van der Waals surface area (Å²) in [5.74, 6) is 0.262. The van der Waals surface area contributed by atoms with Crippen LogP contribution in [0.1, 0.15) is 22.8 Å². The number of rotatable bonds is 8. The van der Waals surface area contributed by atoms with E-state index in [9.17, 15) is 9.59 Å². The molecule has 1 heterocycles. The third-order valence-electron chi connectivity index (χ3n) is 5.04. The van der Waals surface area contributed by atoms with Crippen molar-refractivity contribution in [2.24, 2.45) is 0 Å². The molecule has 7 heteroatoms. The Bertz CT molecular complexity index is 865. The van der Waals surface area contributed by atoms with Crippen molar-refractivity contribution in [2.75, 3.05) is 51.8 Å². The Morgan fingerprint density at radius 2 is 1.90 bits per heavy atom. The number of nitrogens with zero attached hydrogens (tertiary/aromatic N) is 2. The molecule has 1 saturated heterocycles. The van der Waals surface area contributed by atoms with Gasteiger partial charge in [0.05, 0.1) is 20.3 Å². The summed E-state index contributed by atoms with van der Waals surface area (Å²) < 4.78 is 10.6. The summed E-state index contributed by atoms with van der Waals surface area (Å²) >= 11 is 0. The molecule has 0 spiro atoms. The SMILES string of the molecule is CCN(CC(=O)Nc1cccc(OC)c1)C(=O)c1cccc(CN2CCOCC2)c1. The number of likely N-dealkylation sites (N-methyl/N-ethyl adjacent to an activating group) is 1. The highest BCUT2D eigenvalue weighted by Gasteiger charge is 2.19. The van der Waals surface area contributed by atoms with Gasteiger partial charge in [0, 0.05) is 43.5 Å². The van der Waals surface area contributed by atoms with Crippen LogP contribution in [0.3, 0.4) is 0 Å². The molecule has 0 bridgehead atoms. The molecule has 0 aliphatic carbocycles. The highest BCUT2D eigenvalue weighted by molar-refractivity contribution is 5.99. The lowest BCUT2D eigenvalue weighted by Crippen LogP contribution is -2.38. The molecule has 2 aromatic rings. The number of ether oxygens (including phenoxy) is 2. The van der Waals surface area contributed by atoms with Crippen molar-refractivity contribution in [2.45, 2.75) is 13.5 Å². The van der Waals surface area contributed by atoms with E-state index >= 15 is 0 Å². The van der Waals surface area contributed by atoms with E-state index in [1.165, 1.54) is 0 Å². The van der Waals surface area contributed by atoms with Gasteiger partial charge in [0.25, 0.3) is 5.91 Å². The normalized spacial score (nSPS) is 14.2. The molecule has 0 unspecified atom stereocenters. The van der Waals surface area contributed by atoms with Crippen molar-refractivity contribution in [1.82, 2.24) is 9.80 Å². The minimum Gasteiger partial charge on any atom is -0.497 e. The van der Waals surface area contributed by atoms with Crippen molar-refractivity contribution in [3.05, 3.63) is 59.7 Å². The fourth-order valence-electron chi connectivity index (χ4n) is 3.40. The topological polar surface area (TPSA) is 71.1 Å². The van der Waals surface area contributed by atoms with Crippen molar-refractivity contribution in [1.29, 1.82) is 0 Å². The van der Waals surface area contributed by atoms with Gasteiger partial charge in [0.2, 0.25) is 5.91 Å². The van der Waals surface area contributed by atoms with Gasteiger partial charge in [-0.05, 0) is 36.8 Å². The molecule has 0 atom stereocenters. The summed E-state index contributed by atoms with van der Waals surface area (Å²) in [4.78, 5) is 29.3. The largest absolute Gasteiger partial charge is 0.497 e. The second-order valence-electron chi connectivity index (χ2n) is 7.19. The number of carbonyl (C=O) groups excluding carboxylic acids is 2. The van der Waals surface area contributed by atoms with Crippen LogP contribution in [0.4, 0.5) is 5.69 Å². The molecule has 3 rings (SSSR count). The first kappa shape index (κ1) is 21.8. The van der Waals surface area contributed by atoms with E-state index in [1.54, 1.807) is 42.3 Å². The zero-order valence-electron chi connectivity index (χ0n) is 17.6. The first-order valence-electron chi connectivity index (χ1n) is 10.2. The van der Waals surface area contributed by atoms with E-state index in [0.717, 1.165) is 38.4 Å². The van der Waals surface area contributed by atoms with Crippen LogP contribution >= 0.6 is 0 Å². The standard InChI is InChI=1S/C23H29N3O4/c1-3-26(17-22(27)24-20-8-5-9-21(15-20)29-2)23(28)19-7-4-6-18(14-19)16-25-10-12-30-13-11-25/h4-9,14-15H,3,10-13,16-17H2,1-2H3,(H,24,27). The van der Waals surface area contributed by atoms with Gasteiger partial charge in [-0.2, -0.15) is 0 Å². The molecular weight excluding hydrogens is 382 g/mol. The Balaban J connectivity index is 1.62. The molecule has 1 aliphatic rings. The summed E-state index contributed by atoms with van der Waals surface area (Å²) in [6, 6.07) is 14.8. The van der Waals surface area contributed by atoms with Gasteiger partial charge in [-0.25, -0.2) is 0 Å². The van der Waals surface area contributed by atoms with Crippen LogP contribution in [-0.4, -0.2) is 68.1 Å². The number of nitrogens with one attached hydrogen (secondary N) is 1. The van der Waals surface area contributed by atoms with E-state index in [2.05, 4.69) is 10.2 Å². The zero-order chi connectivity index (χ0) is 21.3. The summed E-state index contributed by atoms with van der Waals surface area (Å²) in [6.45, 7) is 6.35. The molecular formula is C23H29N3O4. The molecule has 0 saturated carbocycles. The molecule has 1 N–H and O–H groups in total. The Morgan fingerprint density at radius 1 is 1.13 bits per heavy atom. The fourth-order valence-corrected chi connectivity index (χ4v) is 3.40. The van der Waals surface area contributed by atoms with E-state index < -0.39 is 0 Å². The Labute approximate surface area is 177 Å². The lowest BCUT2D eigenvalue weighted by Gasteiger charge is -2.27. The lowest BCUT2D eigenvalue weighted by atomic mass is 10.1. The average molecular weight is 412 g/mol. The van der Waals surface area contributed by atoms with Crippen molar-refractivity contribution < 1.29 is 19.1 Å². The number of benzene rings is 2. The Morgan fingerprint density at radius 3 is 2.63 bits per heavy atom. The third-order valence-corrected chi connectivity index (χ3v) is 5.04. The van der Waals surface area contributed by atoms with E-state index in [0.29, 0.717) is 23.5 Å². The van der Waals surface area contributed by atoms with Crippen molar-refractivity contribution in [3.8, 4) is 5.75 Å². The predicted molar refractivity (Wildman–Crippen MR) is 116 cm³/mol. The zero-order valence-corrected chi connectivity index (χ0v) is 17.6. The molecule has 2 amide bonds. The van der Waals surface area contributed by atoms with Crippen molar-refractivity contribution >= 4 is 17.5 Å². The van der Waals surface area contributed by atoms with Gasteiger partial charge in [0.15, 0.2) is 0 Å². The minimum absolute atomic E-state index is 0.0137. The quantitative estimate of drug-likeness (QED) is 0.723. The van der Waals surface area contributed by atoms with Gasteiger partial charge in [0.1, 0.15) is 12.3 Å². The minimum atomic E-state index is -0.247. The van der Waals surface area contributed by atoms with Crippen LogP contribution in [0.2, 0.25) is 0 Å². The summed E-state index contributed by atoms with van der Waals surface area (Å²) in [5.41, 5.74) is 2.31. The highest BCUT2D eigenvalue weighted by Crippen LogP contribution is 2.17. The predicted octanol–water partition coefficient (Wildman–Crippen LogP) is 2.63. The monoisotopic (exact) mass is 411 g/mol. The van der Waals surface area contributed by atoms with Crippen LogP contribution in [0.25, 0.3) is 0 Å². The summed E-state index contributed by atoms with van der Waals surface area (Å²) in [7, 11) is 1.57. The Hall–Kier alpha value is -2.90. The molecule has 160 valence electrons. The second-order valence-corrected chi connectivity index (χ2v) is 7.19. The van der Waals surface area contributed by atoms with Crippen LogP contribution in [0, 0.1) is 0 Å². The number of amides is 2. The molecule has 1 fully saturated rings. The van der Waals surface area contributed by atoms with E-state index in [1.807, 2.05) is 25.1 Å². The number of morpholine rings is 1. The number of methoxy groups -OCH3 is 1. The molecule has 0 radical (unpaired) electrons. The summed E-state index contributed by atoms with van der Waals surface area (Å²) in [6.07, 6.45) is 0. The van der Waals surface area contributed by atoms with Gasteiger partial charge < -0.3 is 19.7 Å². The van der Waals surface area contributed by atoms with Gasteiger partial charge in [-0.3, -0.25) is 14.5 Å². The fraction of sp³-hybridized carbons (Fsp3) is 0.391. The number of hydrogen-bond acceptors (Lipinski definition) is 5. The third kappa shape index (κ3) is 6.05. The first-order chi connectivity index (χ1) is 14.6. The van der Waals surface area contributed by atoms with Gasteiger partial charge in [-0.15, -0.1) is 0 Å². The van der Waals surface area contributed by atoms with Gasteiger partial charge in [-0.1, -0.05) is 18.2 Å². The van der Waals surface area contributed by atoms with Crippen LogP contribution in [0.15, 0.2) is 48.5 Å². The van der Waals surface area contributed by atoms with Gasteiger partial charge >= 0.3 is 0 Å². The molecule has 7 nitrogen and oxygen atoms in total. The van der Waals surface area contributed by atoms with Crippen molar-refractivity contribution in [3.63, 3.8) is 0 Å². The van der Waals surface area contributed by atoms with Crippen LogP contribution in [-0.2, 0) is 16.1 Å². The number of hydrogen-bond donors (Lipinski definition) is 1. The molecule has 0 aromatic heterocycles. The number of carbonyl (C=O) groups is 2. The first-order valence-corrected chi connectivity index (χ1v) is 10.2. The maximum atomic E-state index is 13.0. The lowest BCUT2D eigenvalue weighted by molar-refractivity contribution is -0.116. The molecule has 30 heavy (non-hydrogen) atoms. The van der Waals surface area contributed by atoms with E-state index in [-0.39, 0.29) is 18.4 Å². The molecule has 1 aliphatic heterocycles. The Kier molecular flexibility index (Phi) is 7.82. The second kappa shape index (κ2) is 10.8. The summed E-state index contributed by atoms with van der Waals surface area (Å²) in [5, 5.41) is 2.82. The van der Waals surface area contributed by atoms with E-state index in [4.69, 9.17) is 9.47 Å². The number of anilines is 1. The highest BCUT2D eigenvalue weighted by atomic mass is 16.5. The molecule has 2 aromatic carbocycles. The smallest absolute Gasteiger partial charge is 0.254 e. The average Bonchev–Trinajstić information content (AvgIpc) is 2.78.